The Bertz CT molecular complexity index is 363. The smallest absolute Gasteiger partial charge is 0.336 e. The van der Waals surface area contributed by atoms with Crippen LogP contribution in [0.5, 0.6) is 0 Å². The first kappa shape index (κ1) is 9.73. The van der Waals surface area contributed by atoms with Crippen molar-refractivity contribution in [1.29, 1.82) is 0 Å². The Labute approximate surface area is 80.7 Å². The molecule has 13 heavy (non-hydrogen) atoms. The molecule has 1 aromatic rings. The molecule has 4 nitrogen and oxygen atoms in total. The van der Waals surface area contributed by atoms with Crippen molar-refractivity contribution in [3.63, 3.8) is 0 Å². The van der Waals surface area contributed by atoms with Crippen LogP contribution in [0.15, 0.2) is 33.3 Å². The minimum absolute atomic E-state index is 0.165. The number of nitrogens with zero attached hydrogens (tertiary/aromatic N) is 2. The van der Waals surface area contributed by atoms with E-state index in [9.17, 15) is 4.79 Å². The molecule has 0 aromatic heterocycles. The van der Waals surface area contributed by atoms with Crippen LogP contribution in [0.3, 0.4) is 0 Å². The Morgan fingerprint density at radius 2 is 2.23 bits per heavy atom. The van der Waals surface area contributed by atoms with E-state index in [1.165, 1.54) is 6.07 Å². The Balaban J connectivity index is 3.12. The van der Waals surface area contributed by atoms with Gasteiger partial charge in [0.15, 0.2) is 0 Å². The van der Waals surface area contributed by atoms with Crippen molar-refractivity contribution in [2.24, 2.45) is 10.2 Å². The molecule has 0 amide bonds. The molecule has 0 spiro atoms. The zero-order chi connectivity index (χ0) is 9.84. The van der Waals surface area contributed by atoms with Crippen LogP contribution in [-0.2, 0) is 0 Å². The zero-order valence-corrected chi connectivity index (χ0v) is 7.82. The number of thiol groups is 1. The highest BCUT2D eigenvalue weighted by Crippen LogP contribution is 2.21. The third-order valence-corrected chi connectivity index (χ3v) is 1.80. The number of carboxylic acids is 1. The lowest BCUT2D eigenvalue weighted by Crippen LogP contribution is -1.96. The number of carboxylic acid groups (broad SMARTS) is 1. The van der Waals surface area contributed by atoms with Gasteiger partial charge in [-0.3, -0.25) is 0 Å². The molecular formula is C8H8N2O2S. The van der Waals surface area contributed by atoms with E-state index in [1.54, 1.807) is 19.2 Å². The van der Waals surface area contributed by atoms with Gasteiger partial charge in [-0.1, -0.05) is 0 Å². The molecule has 1 N–H and O–H groups in total. The number of hydrogen-bond donors (Lipinski definition) is 2. The Morgan fingerprint density at radius 3 is 2.69 bits per heavy atom. The minimum Gasteiger partial charge on any atom is -0.478 e. The molecule has 0 bridgehead atoms. The van der Waals surface area contributed by atoms with Crippen molar-refractivity contribution in [1.82, 2.24) is 0 Å². The normalized spacial score (nSPS) is 10.6. The molecule has 0 heterocycles. The molecule has 5 heteroatoms. The van der Waals surface area contributed by atoms with Crippen LogP contribution in [-0.4, -0.2) is 18.1 Å². The molecule has 0 atom stereocenters. The van der Waals surface area contributed by atoms with Gasteiger partial charge in [0.1, 0.15) is 0 Å². The molecule has 0 fully saturated rings. The number of azo groups is 1. The van der Waals surface area contributed by atoms with Gasteiger partial charge >= 0.3 is 5.97 Å². The lowest BCUT2D eigenvalue weighted by molar-refractivity contribution is 0.0693. The molecule has 68 valence electrons. The lowest BCUT2D eigenvalue weighted by Gasteiger charge is -1.99. The number of aromatic carboxylic acids is 1. The molecule has 0 radical (unpaired) electrons. The highest BCUT2D eigenvalue weighted by molar-refractivity contribution is 7.80. The summed E-state index contributed by atoms with van der Waals surface area (Å²) in [7, 11) is 1.54. The van der Waals surface area contributed by atoms with E-state index < -0.39 is 5.97 Å². The second kappa shape index (κ2) is 4.04. The van der Waals surface area contributed by atoms with Gasteiger partial charge in [-0.15, -0.1) is 12.6 Å². The van der Waals surface area contributed by atoms with E-state index in [4.69, 9.17) is 5.11 Å². The van der Waals surface area contributed by atoms with Gasteiger partial charge in [-0.25, -0.2) is 4.79 Å². The summed E-state index contributed by atoms with van der Waals surface area (Å²) in [6, 6.07) is 4.59. The highest BCUT2D eigenvalue weighted by Gasteiger charge is 2.07. The second-order valence-corrected chi connectivity index (χ2v) is 2.79. The van der Waals surface area contributed by atoms with E-state index in [0.29, 0.717) is 10.6 Å². The second-order valence-electron chi connectivity index (χ2n) is 2.31. The average Bonchev–Trinajstić information content (AvgIpc) is 2.04. The van der Waals surface area contributed by atoms with Crippen molar-refractivity contribution >= 4 is 24.3 Å². The first-order valence-electron chi connectivity index (χ1n) is 3.51. The van der Waals surface area contributed by atoms with E-state index >= 15 is 0 Å². The zero-order valence-electron chi connectivity index (χ0n) is 6.93. The van der Waals surface area contributed by atoms with Crippen LogP contribution in [0.2, 0.25) is 0 Å². The SMILES string of the molecule is CN=Nc1ccc(C(=O)O)c(S)c1. The summed E-state index contributed by atoms with van der Waals surface area (Å²) in [6.07, 6.45) is 0. The Hall–Kier alpha value is -1.36. The summed E-state index contributed by atoms with van der Waals surface area (Å²) in [6.45, 7) is 0. The number of rotatable bonds is 2. The van der Waals surface area contributed by atoms with Crippen LogP contribution in [0, 0.1) is 0 Å². The van der Waals surface area contributed by atoms with Crippen LogP contribution < -0.4 is 0 Å². The summed E-state index contributed by atoms with van der Waals surface area (Å²) in [4.78, 5) is 11.0. The van der Waals surface area contributed by atoms with Gasteiger partial charge in [-0.05, 0) is 18.2 Å². The summed E-state index contributed by atoms with van der Waals surface area (Å²) >= 11 is 4.02. The van der Waals surface area contributed by atoms with Crippen LogP contribution in [0.4, 0.5) is 5.69 Å². The molecule has 0 saturated heterocycles. The quantitative estimate of drug-likeness (QED) is 0.563. The fourth-order valence-corrected chi connectivity index (χ4v) is 1.18. The summed E-state index contributed by atoms with van der Waals surface area (Å²) in [5.41, 5.74) is 0.760. The molecule has 0 saturated carbocycles. The fraction of sp³-hybridized carbons (Fsp3) is 0.125. The van der Waals surface area contributed by atoms with Crippen LogP contribution in [0.25, 0.3) is 0 Å². The standard InChI is InChI=1S/C8H8N2O2S/c1-9-10-5-2-3-6(8(11)12)7(13)4-5/h2-4,13H,1H3,(H,11,12). The van der Waals surface area contributed by atoms with E-state index in [0.717, 1.165) is 0 Å². The van der Waals surface area contributed by atoms with E-state index in [2.05, 4.69) is 22.9 Å². The van der Waals surface area contributed by atoms with Crippen molar-refractivity contribution < 1.29 is 9.90 Å². The van der Waals surface area contributed by atoms with Gasteiger partial charge in [0.05, 0.1) is 11.3 Å². The van der Waals surface area contributed by atoms with Crippen molar-refractivity contribution in [2.45, 2.75) is 4.90 Å². The number of hydrogen-bond acceptors (Lipinski definition) is 4. The maximum absolute atomic E-state index is 10.6. The number of carbonyl (C=O) groups is 1. The largest absolute Gasteiger partial charge is 0.478 e. The van der Waals surface area contributed by atoms with Gasteiger partial charge in [0, 0.05) is 11.9 Å². The summed E-state index contributed by atoms with van der Waals surface area (Å²) in [5.74, 6) is -0.995. The lowest BCUT2D eigenvalue weighted by atomic mass is 10.2. The van der Waals surface area contributed by atoms with Crippen molar-refractivity contribution in [3.05, 3.63) is 23.8 Å². The topological polar surface area (TPSA) is 62.0 Å². The average molecular weight is 196 g/mol. The van der Waals surface area contributed by atoms with Crippen molar-refractivity contribution in [2.75, 3.05) is 7.05 Å². The predicted molar refractivity (Wildman–Crippen MR) is 51.1 cm³/mol. The summed E-state index contributed by atoms with van der Waals surface area (Å²) in [5, 5.41) is 16.0. The Morgan fingerprint density at radius 1 is 1.54 bits per heavy atom. The third-order valence-electron chi connectivity index (χ3n) is 1.43. The first-order chi connectivity index (χ1) is 6.15. The van der Waals surface area contributed by atoms with Gasteiger partial charge in [0.25, 0.3) is 0 Å². The number of benzene rings is 1. The molecule has 0 aliphatic carbocycles. The fourth-order valence-electron chi connectivity index (χ4n) is 0.879. The third kappa shape index (κ3) is 2.29. The van der Waals surface area contributed by atoms with Gasteiger partial charge < -0.3 is 5.11 Å². The maximum atomic E-state index is 10.6. The van der Waals surface area contributed by atoms with Crippen LogP contribution in [0.1, 0.15) is 10.4 Å². The van der Waals surface area contributed by atoms with Gasteiger partial charge in [-0.2, -0.15) is 10.2 Å². The monoisotopic (exact) mass is 196 g/mol. The van der Waals surface area contributed by atoms with E-state index in [-0.39, 0.29) is 5.56 Å². The minimum atomic E-state index is -0.995. The Kier molecular flexibility index (Phi) is 3.02. The molecule has 0 aliphatic rings. The first-order valence-corrected chi connectivity index (χ1v) is 3.96. The van der Waals surface area contributed by atoms with E-state index in [1.807, 2.05) is 0 Å². The summed E-state index contributed by atoms with van der Waals surface area (Å²) < 4.78 is 0. The molecule has 1 aromatic carbocycles. The molecular weight excluding hydrogens is 188 g/mol. The molecule has 1 rings (SSSR count). The predicted octanol–water partition coefficient (Wildman–Crippen LogP) is 2.39. The highest BCUT2D eigenvalue weighted by atomic mass is 32.1. The van der Waals surface area contributed by atoms with Gasteiger partial charge in [0.2, 0.25) is 0 Å². The maximum Gasteiger partial charge on any atom is 0.336 e. The van der Waals surface area contributed by atoms with Crippen molar-refractivity contribution in [3.8, 4) is 0 Å². The molecule has 0 unspecified atom stereocenters. The molecule has 0 aliphatic heterocycles. The van der Waals surface area contributed by atoms with Crippen LogP contribution >= 0.6 is 12.6 Å².